The van der Waals surface area contributed by atoms with E-state index in [1.54, 1.807) is 0 Å². The molecule has 0 bridgehead atoms. The van der Waals surface area contributed by atoms with Gasteiger partial charge in [0.2, 0.25) is 0 Å². The van der Waals surface area contributed by atoms with Crippen molar-refractivity contribution in [3.63, 3.8) is 0 Å². The molecule has 1 unspecified atom stereocenters. The third-order valence-electron chi connectivity index (χ3n) is 4.38. The van der Waals surface area contributed by atoms with E-state index in [2.05, 4.69) is 35.5 Å². The lowest BCUT2D eigenvalue weighted by molar-refractivity contribution is -0.133. The lowest BCUT2D eigenvalue weighted by atomic mass is 9.80. The van der Waals surface area contributed by atoms with Crippen LogP contribution in [-0.4, -0.2) is 26.4 Å². The van der Waals surface area contributed by atoms with Crippen LogP contribution >= 0.6 is 11.8 Å². The van der Waals surface area contributed by atoms with Gasteiger partial charge in [-0.15, -0.1) is 0 Å². The van der Waals surface area contributed by atoms with Crippen molar-refractivity contribution in [1.29, 1.82) is 0 Å². The summed E-state index contributed by atoms with van der Waals surface area (Å²) in [5.74, 6) is -0.0576. The molecule has 0 radical (unpaired) electrons. The molecule has 0 aliphatic heterocycles. The number of aromatic nitrogens is 2. The molecule has 1 N–H and O–H groups in total. The van der Waals surface area contributed by atoms with Crippen LogP contribution in [0.3, 0.4) is 0 Å². The first-order valence-corrected chi connectivity index (χ1v) is 8.38. The number of hydrogen-bond acceptors (Lipinski definition) is 3. The van der Waals surface area contributed by atoms with Gasteiger partial charge >= 0.3 is 5.97 Å². The highest BCUT2D eigenvalue weighted by Crippen LogP contribution is 2.40. The van der Waals surface area contributed by atoms with Crippen LogP contribution in [-0.2, 0) is 4.79 Å². The van der Waals surface area contributed by atoms with Crippen LogP contribution in [0.2, 0.25) is 0 Å². The van der Waals surface area contributed by atoms with Crippen molar-refractivity contribution in [2.24, 2.45) is 5.92 Å². The van der Waals surface area contributed by atoms with Gasteiger partial charge in [0, 0.05) is 6.04 Å². The van der Waals surface area contributed by atoms with Crippen molar-refractivity contribution in [1.82, 2.24) is 9.55 Å². The molecular formula is C16H20N2O2S. The van der Waals surface area contributed by atoms with E-state index in [-0.39, 0.29) is 5.75 Å². The minimum absolute atomic E-state index is 0.0552. The highest BCUT2D eigenvalue weighted by Gasteiger charge is 2.28. The van der Waals surface area contributed by atoms with Crippen molar-refractivity contribution in [3.8, 4) is 0 Å². The van der Waals surface area contributed by atoms with E-state index in [9.17, 15) is 4.79 Å². The Morgan fingerprint density at radius 3 is 2.90 bits per heavy atom. The minimum Gasteiger partial charge on any atom is -0.481 e. The maximum absolute atomic E-state index is 10.9. The Morgan fingerprint density at radius 1 is 1.52 bits per heavy atom. The van der Waals surface area contributed by atoms with E-state index in [1.807, 2.05) is 6.07 Å². The molecule has 112 valence electrons. The van der Waals surface area contributed by atoms with E-state index in [0.29, 0.717) is 12.0 Å². The zero-order chi connectivity index (χ0) is 15.0. The van der Waals surface area contributed by atoms with E-state index in [0.717, 1.165) is 16.2 Å². The van der Waals surface area contributed by atoms with Gasteiger partial charge in [0.05, 0.1) is 16.8 Å². The van der Waals surface area contributed by atoms with Crippen molar-refractivity contribution in [2.75, 3.05) is 5.75 Å². The molecule has 2 aromatic rings. The molecule has 1 fully saturated rings. The number of thioether (sulfide) groups is 1. The van der Waals surface area contributed by atoms with Crippen molar-refractivity contribution >= 4 is 28.8 Å². The highest BCUT2D eigenvalue weighted by atomic mass is 32.2. The van der Waals surface area contributed by atoms with Gasteiger partial charge in [-0.3, -0.25) is 4.79 Å². The summed E-state index contributed by atoms with van der Waals surface area (Å²) in [7, 11) is 0. The summed E-state index contributed by atoms with van der Waals surface area (Å²) in [6.07, 6.45) is 3.82. The zero-order valence-corrected chi connectivity index (χ0v) is 13.2. The Hall–Kier alpha value is -1.49. The van der Waals surface area contributed by atoms with Gasteiger partial charge in [-0.2, -0.15) is 0 Å². The predicted octanol–water partition coefficient (Wildman–Crippen LogP) is 3.88. The van der Waals surface area contributed by atoms with Crippen LogP contribution in [0.4, 0.5) is 0 Å². The molecule has 3 rings (SSSR count). The smallest absolute Gasteiger partial charge is 0.313 e. The molecule has 5 heteroatoms. The summed E-state index contributed by atoms with van der Waals surface area (Å²) in [5, 5.41) is 9.76. The van der Waals surface area contributed by atoms with Gasteiger partial charge in [0.15, 0.2) is 5.16 Å². The molecule has 1 aliphatic rings. The zero-order valence-electron chi connectivity index (χ0n) is 12.4. The fourth-order valence-corrected chi connectivity index (χ4v) is 3.75. The fourth-order valence-electron chi connectivity index (χ4n) is 2.94. The summed E-state index contributed by atoms with van der Waals surface area (Å²) in [6, 6.07) is 6.61. The Bertz CT molecular complexity index is 676. The molecule has 1 saturated carbocycles. The number of fused-ring (bicyclic) bond motifs is 1. The second kappa shape index (κ2) is 5.72. The maximum atomic E-state index is 10.9. The van der Waals surface area contributed by atoms with Crippen LogP contribution in [0.1, 0.15) is 37.8 Å². The number of aliphatic carboxylic acids is 1. The van der Waals surface area contributed by atoms with Gasteiger partial charge in [0.1, 0.15) is 0 Å². The number of rotatable bonds is 5. The lowest BCUT2D eigenvalue weighted by Gasteiger charge is -2.33. The van der Waals surface area contributed by atoms with Gasteiger partial charge in [-0.25, -0.2) is 4.98 Å². The number of imidazole rings is 1. The Labute approximate surface area is 128 Å². The Kier molecular flexibility index (Phi) is 3.93. The van der Waals surface area contributed by atoms with E-state index in [4.69, 9.17) is 5.11 Å². The second-order valence-corrected chi connectivity index (χ2v) is 6.81. The molecule has 21 heavy (non-hydrogen) atoms. The van der Waals surface area contributed by atoms with Crippen LogP contribution in [0, 0.1) is 12.8 Å². The first-order chi connectivity index (χ1) is 10.1. The third-order valence-corrected chi connectivity index (χ3v) is 5.31. The fraction of sp³-hybridized carbons (Fsp3) is 0.500. The SMILES string of the molecule is Cc1ccc2nc(SCC(=O)O)n(C(C)C3CCC3)c2c1. The maximum Gasteiger partial charge on any atom is 0.313 e. The first kappa shape index (κ1) is 14.4. The summed E-state index contributed by atoms with van der Waals surface area (Å²) in [4.78, 5) is 15.5. The molecule has 1 aromatic carbocycles. The number of nitrogens with zero attached hydrogens (tertiary/aromatic N) is 2. The quantitative estimate of drug-likeness (QED) is 0.852. The van der Waals surface area contributed by atoms with Crippen LogP contribution in [0.5, 0.6) is 0 Å². The van der Waals surface area contributed by atoms with E-state index >= 15 is 0 Å². The molecular weight excluding hydrogens is 284 g/mol. The molecule has 4 nitrogen and oxygen atoms in total. The van der Waals surface area contributed by atoms with E-state index in [1.165, 1.54) is 36.6 Å². The number of carbonyl (C=O) groups is 1. The molecule has 0 amide bonds. The summed E-state index contributed by atoms with van der Waals surface area (Å²) >= 11 is 1.32. The summed E-state index contributed by atoms with van der Waals surface area (Å²) in [6.45, 7) is 4.31. The first-order valence-electron chi connectivity index (χ1n) is 7.39. The average Bonchev–Trinajstić information content (AvgIpc) is 2.71. The Morgan fingerprint density at radius 2 is 2.29 bits per heavy atom. The summed E-state index contributed by atoms with van der Waals surface area (Å²) < 4.78 is 2.25. The topological polar surface area (TPSA) is 55.1 Å². The Balaban J connectivity index is 2.04. The molecule has 0 spiro atoms. The minimum atomic E-state index is -0.800. The standard InChI is InChI=1S/C16H20N2O2S/c1-10-6-7-13-14(8-10)18(11(2)12-4-3-5-12)16(17-13)21-9-15(19)20/h6-8,11-12H,3-5,9H2,1-2H3,(H,19,20). The number of hydrogen-bond donors (Lipinski definition) is 1. The highest BCUT2D eigenvalue weighted by molar-refractivity contribution is 7.99. The molecule has 1 aliphatic carbocycles. The van der Waals surface area contributed by atoms with Crippen LogP contribution in [0.15, 0.2) is 23.4 Å². The molecule has 1 heterocycles. The van der Waals surface area contributed by atoms with Gasteiger partial charge in [-0.05, 0) is 50.3 Å². The normalized spacial score (nSPS) is 16.9. The third kappa shape index (κ3) is 2.79. The van der Waals surface area contributed by atoms with E-state index < -0.39 is 5.97 Å². The van der Waals surface area contributed by atoms with Crippen LogP contribution in [0.25, 0.3) is 11.0 Å². The lowest BCUT2D eigenvalue weighted by Crippen LogP contribution is -2.23. The van der Waals surface area contributed by atoms with Gasteiger partial charge < -0.3 is 9.67 Å². The molecule has 1 aromatic heterocycles. The molecule has 1 atom stereocenters. The van der Waals surface area contributed by atoms with Crippen LogP contribution < -0.4 is 0 Å². The largest absolute Gasteiger partial charge is 0.481 e. The second-order valence-electron chi connectivity index (χ2n) is 5.87. The van der Waals surface area contributed by atoms with Crippen molar-refractivity contribution in [3.05, 3.63) is 23.8 Å². The van der Waals surface area contributed by atoms with Crippen molar-refractivity contribution < 1.29 is 9.90 Å². The number of benzene rings is 1. The monoisotopic (exact) mass is 304 g/mol. The molecule has 0 saturated heterocycles. The number of carboxylic acid groups (broad SMARTS) is 1. The van der Waals surface area contributed by atoms with Gasteiger partial charge in [-0.1, -0.05) is 24.2 Å². The van der Waals surface area contributed by atoms with Crippen molar-refractivity contribution in [2.45, 2.75) is 44.3 Å². The number of aryl methyl sites for hydroxylation is 1. The predicted molar refractivity (Wildman–Crippen MR) is 84.9 cm³/mol. The summed E-state index contributed by atoms with van der Waals surface area (Å²) in [5.41, 5.74) is 3.29. The average molecular weight is 304 g/mol. The number of carboxylic acids is 1. The van der Waals surface area contributed by atoms with Gasteiger partial charge in [0.25, 0.3) is 0 Å².